The molecule has 104 valence electrons. The van der Waals surface area contributed by atoms with E-state index in [9.17, 15) is 9.59 Å². The molecule has 19 heavy (non-hydrogen) atoms. The Bertz CT molecular complexity index is 415. The van der Waals surface area contributed by atoms with Crippen molar-refractivity contribution in [2.45, 2.75) is 19.9 Å². The number of amides is 2. The van der Waals surface area contributed by atoms with Gasteiger partial charge in [0.15, 0.2) is 0 Å². The smallest absolute Gasteiger partial charge is 0.229 e. The zero-order valence-electron chi connectivity index (χ0n) is 11.4. The van der Waals surface area contributed by atoms with Crippen molar-refractivity contribution in [3.05, 3.63) is 35.4 Å². The monoisotopic (exact) mass is 264 g/mol. The van der Waals surface area contributed by atoms with Crippen molar-refractivity contribution < 1.29 is 14.3 Å². The van der Waals surface area contributed by atoms with Crippen LogP contribution in [0.1, 0.15) is 17.5 Å². The number of rotatable bonds is 7. The van der Waals surface area contributed by atoms with E-state index in [2.05, 4.69) is 10.6 Å². The maximum Gasteiger partial charge on any atom is 0.229 e. The lowest BCUT2D eigenvalue weighted by atomic mass is 10.1. The highest BCUT2D eigenvalue weighted by Crippen LogP contribution is 2.02. The van der Waals surface area contributed by atoms with E-state index in [4.69, 9.17) is 4.74 Å². The third kappa shape index (κ3) is 6.57. The summed E-state index contributed by atoms with van der Waals surface area (Å²) >= 11 is 0. The quantitative estimate of drug-likeness (QED) is 0.564. The summed E-state index contributed by atoms with van der Waals surface area (Å²) in [6.07, 6.45) is -0.157. The second kappa shape index (κ2) is 8.26. The fraction of sp³-hybridized carbons (Fsp3) is 0.429. The number of aryl methyl sites for hydroxylation is 1. The number of hydrogen-bond donors (Lipinski definition) is 2. The summed E-state index contributed by atoms with van der Waals surface area (Å²) in [5, 5.41) is 5.30. The van der Waals surface area contributed by atoms with E-state index < -0.39 is 0 Å². The Labute approximate surface area is 113 Å². The normalized spacial score (nSPS) is 10.0. The Balaban J connectivity index is 2.24. The first-order valence-electron chi connectivity index (χ1n) is 6.19. The van der Waals surface area contributed by atoms with Gasteiger partial charge in [0.2, 0.25) is 11.8 Å². The second-order valence-electron chi connectivity index (χ2n) is 4.28. The molecule has 0 bridgehead atoms. The van der Waals surface area contributed by atoms with Crippen LogP contribution in [0.4, 0.5) is 0 Å². The average Bonchev–Trinajstić information content (AvgIpc) is 2.38. The summed E-state index contributed by atoms with van der Waals surface area (Å²) in [4.78, 5) is 22.9. The van der Waals surface area contributed by atoms with E-state index in [1.54, 1.807) is 7.11 Å². The van der Waals surface area contributed by atoms with Crippen molar-refractivity contribution in [2.75, 3.05) is 20.3 Å². The summed E-state index contributed by atoms with van der Waals surface area (Å²) < 4.78 is 4.80. The lowest BCUT2D eigenvalue weighted by molar-refractivity contribution is -0.129. The molecule has 0 aliphatic rings. The summed E-state index contributed by atoms with van der Waals surface area (Å²) in [6.45, 7) is 3.30. The van der Waals surface area contributed by atoms with Gasteiger partial charge in [0.25, 0.3) is 0 Å². The zero-order chi connectivity index (χ0) is 14.1. The fourth-order valence-electron chi connectivity index (χ4n) is 1.47. The third-order valence-corrected chi connectivity index (χ3v) is 2.56. The standard InChI is InChI=1S/C14H20N2O3/c1-11-3-5-12(6-4-11)10-16-14(18)9-13(17)15-7-8-19-2/h3-6H,7-10H2,1-2H3,(H,15,17)(H,16,18). The zero-order valence-corrected chi connectivity index (χ0v) is 11.4. The molecule has 0 unspecified atom stereocenters. The molecule has 5 heteroatoms. The molecular formula is C14H20N2O3. The highest BCUT2D eigenvalue weighted by molar-refractivity contribution is 5.96. The number of carbonyl (C=O) groups is 2. The summed E-state index contributed by atoms with van der Waals surface area (Å²) in [5.41, 5.74) is 2.19. The first-order valence-corrected chi connectivity index (χ1v) is 6.19. The molecule has 0 spiro atoms. The minimum atomic E-state index is -0.293. The molecule has 0 heterocycles. The van der Waals surface area contributed by atoms with Crippen LogP contribution in [0.15, 0.2) is 24.3 Å². The minimum Gasteiger partial charge on any atom is -0.383 e. The molecule has 0 saturated carbocycles. The van der Waals surface area contributed by atoms with Crippen LogP contribution in [-0.4, -0.2) is 32.1 Å². The molecule has 0 fully saturated rings. The number of benzene rings is 1. The Hall–Kier alpha value is -1.88. The van der Waals surface area contributed by atoms with Crippen molar-refractivity contribution >= 4 is 11.8 Å². The van der Waals surface area contributed by atoms with Crippen LogP contribution >= 0.6 is 0 Å². The van der Waals surface area contributed by atoms with Crippen molar-refractivity contribution in [1.29, 1.82) is 0 Å². The molecule has 2 amide bonds. The second-order valence-corrected chi connectivity index (χ2v) is 4.28. The number of hydrogen-bond acceptors (Lipinski definition) is 3. The van der Waals surface area contributed by atoms with Crippen LogP contribution in [0.3, 0.4) is 0 Å². The molecular weight excluding hydrogens is 244 g/mol. The van der Waals surface area contributed by atoms with Gasteiger partial charge in [0.05, 0.1) is 6.61 Å². The Morgan fingerprint density at radius 2 is 1.74 bits per heavy atom. The van der Waals surface area contributed by atoms with Crippen molar-refractivity contribution in [3.63, 3.8) is 0 Å². The van der Waals surface area contributed by atoms with E-state index in [1.807, 2.05) is 31.2 Å². The molecule has 0 aliphatic carbocycles. The van der Waals surface area contributed by atoms with E-state index in [1.165, 1.54) is 5.56 Å². The first-order chi connectivity index (χ1) is 9.11. The number of carbonyl (C=O) groups excluding carboxylic acids is 2. The van der Waals surface area contributed by atoms with E-state index in [-0.39, 0.29) is 18.2 Å². The third-order valence-electron chi connectivity index (χ3n) is 2.56. The molecule has 0 radical (unpaired) electrons. The van der Waals surface area contributed by atoms with Gasteiger partial charge in [-0.3, -0.25) is 9.59 Å². The molecule has 1 rings (SSSR count). The summed E-state index contributed by atoms with van der Waals surface area (Å²) in [7, 11) is 1.56. The van der Waals surface area contributed by atoms with Gasteiger partial charge < -0.3 is 15.4 Å². The minimum absolute atomic E-state index is 0.157. The lowest BCUT2D eigenvalue weighted by Gasteiger charge is -2.06. The van der Waals surface area contributed by atoms with Crippen LogP contribution < -0.4 is 10.6 Å². The van der Waals surface area contributed by atoms with Crippen molar-refractivity contribution in [1.82, 2.24) is 10.6 Å². The molecule has 0 atom stereocenters. The van der Waals surface area contributed by atoms with E-state index in [0.29, 0.717) is 19.7 Å². The van der Waals surface area contributed by atoms with Gasteiger partial charge in [0, 0.05) is 20.2 Å². The number of methoxy groups -OCH3 is 1. The topological polar surface area (TPSA) is 67.4 Å². The highest BCUT2D eigenvalue weighted by atomic mass is 16.5. The summed E-state index contributed by atoms with van der Waals surface area (Å²) in [6, 6.07) is 7.88. The number of ether oxygens (including phenoxy) is 1. The number of nitrogens with one attached hydrogen (secondary N) is 2. The summed E-state index contributed by atoms with van der Waals surface area (Å²) in [5.74, 6) is -0.575. The maximum atomic E-state index is 11.5. The van der Waals surface area contributed by atoms with Crippen LogP contribution in [-0.2, 0) is 20.9 Å². The van der Waals surface area contributed by atoms with Gasteiger partial charge in [0.1, 0.15) is 6.42 Å². The molecule has 0 aromatic heterocycles. The molecule has 0 aliphatic heterocycles. The van der Waals surface area contributed by atoms with E-state index in [0.717, 1.165) is 5.56 Å². The van der Waals surface area contributed by atoms with Crippen LogP contribution in [0.25, 0.3) is 0 Å². The largest absolute Gasteiger partial charge is 0.383 e. The predicted octanol–water partition coefficient (Wildman–Crippen LogP) is 0.764. The molecule has 1 aromatic carbocycles. The van der Waals surface area contributed by atoms with Gasteiger partial charge >= 0.3 is 0 Å². The van der Waals surface area contributed by atoms with Crippen molar-refractivity contribution in [3.8, 4) is 0 Å². The average molecular weight is 264 g/mol. The molecule has 1 aromatic rings. The van der Waals surface area contributed by atoms with Crippen molar-refractivity contribution in [2.24, 2.45) is 0 Å². The van der Waals surface area contributed by atoms with Gasteiger partial charge in [-0.05, 0) is 12.5 Å². The Morgan fingerprint density at radius 3 is 2.37 bits per heavy atom. The molecule has 5 nitrogen and oxygen atoms in total. The van der Waals surface area contributed by atoms with Gasteiger partial charge in [-0.1, -0.05) is 29.8 Å². The van der Waals surface area contributed by atoms with E-state index >= 15 is 0 Å². The molecule has 2 N–H and O–H groups in total. The SMILES string of the molecule is COCCNC(=O)CC(=O)NCc1ccc(C)cc1. The van der Waals surface area contributed by atoms with Crippen LogP contribution in [0.2, 0.25) is 0 Å². The van der Waals surface area contributed by atoms with Gasteiger partial charge in [-0.25, -0.2) is 0 Å². The lowest BCUT2D eigenvalue weighted by Crippen LogP contribution is -2.33. The maximum absolute atomic E-state index is 11.5. The Kier molecular flexibility index (Phi) is 6.60. The fourth-order valence-corrected chi connectivity index (χ4v) is 1.47. The van der Waals surface area contributed by atoms with Gasteiger partial charge in [-0.2, -0.15) is 0 Å². The first kappa shape index (κ1) is 15.2. The highest BCUT2D eigenvalue weighted by Gasteiger charge is 2.08. The predicted molar refractivity (Wildman–Crippen MR) is 72.5 cm³/mol. The van der Waals surface area contributed by atoms with Gasteiger partial charge in [-0.15, -0.1) is 0 Å². The van der Waals surface area contributed by atoms with Crippen LogP contribution in [0, 0.1) is 6.92 Å². The Morgan fingerprint density at radius 1 is 1.11 bits per heavy atom. The van der Waals surface area contributed by atoms with Crippen LogP contribution in [0.5, 0.6) is 0 Å². The molecule has 0 saturated heterocycles.